The Hall–Kier alpha value is -0.850. The molecule has 1 saturated heterocycles. The van der Waals surface area contributed by atoms with Gasteiger partial charge in [-0.15, -0.1) is 0 Å². The Kier molecular flexibility index (Phi) is 4.31. The maximum absolute atomic E-state index is 9.67. The minimum Gasteiger partial charge on any atom is -0.394 e. The molecule has 1 fully saturated rings. The van der Waals surface area contributed by atoms with E-state index in [1.165, 1.54) is 0 Å². The number of aliphatic hydroxyl groups excluding tert-OH is 3. The molecule has 0 bridgehead atoms. The van der Waals surface area contributed by atoms with Gasteiger partial charge in [0.05, 0.1) is 24.9 Å². The Morgan fingerprint density at radius 2 is 2.00 bits per heavy atom. The number of nitrogens with zero attached hydrogens (tertiary/aromatic N) is 3. The lowest BCUT2D eigenvalue weighted by Crippen LogP contribution is -2.57. The Balaban J connectivity index is 2.83. The van der Waals surface area contributed by atoms with E-state index in [-0.39, 0.29) is 6.61 Å². The van der Waals surface area contributed by atoms with Gasteiger partial charge in [-0.2, -0.15) is 0 Å². The second-order valence-corrected chi connectivity index (χ2v) is 3.48. The van der Waals surface area contributed by atoms with E-state index in [4.69, 9.17) is 15.4 Å². The lowest BCUT2D eigenvalue weighted by atomic mass is 9.92. The van der Waals surface area contributed by atoms with Crippen molar-refractivity contribution in [2.24, 2.45) is 5.11 Å². The first-order valence-electron chi connectivity index (χ1n) is 4.82. The van der Waals surface area contributed by atoms with Crippen LogP contribution in [0.5, 0.6) is 0 Å². The quantitative estimate of drug-likeness (QED) is 0.337. The first-order valence-corrected chi connectivity index (χ1v) is 4.82. The third-order valence-corrected chi connectivity index (χ3v) is 2.58. The van der Waals surface area contributed by atoms with Crippen LogP contribution in [0.25, 0.3) is 10.4 Å². The molecule has 0 spiro atoms. The van der Waals surface area contributed by atoms with Crippen molar-refractivity contribution in [3.63, 3.8) is 0 Å². The predicted molar refractivity (Wildman–Crippen MR) is 51.0 cm³/mol. The van der Waals surface area contributed by atoms with Crippen molar-refractivity contribution in [3.05, 3.63) is 10.4 Å². The lowest BCUT2D eigenvalue weighted by molar-refractivity contribution is -0.188. The van der Waals surface area contributed by atoms with Crippen molar-refractivity contribution in [1.82, 2.24) is 0 Å². The van der Waals surface area contributed by atoms with Crippen molar-refractivity contribution in [2.45, 2.75) is 43.8 Å². The van der Waals surface area contributed by atoms with Gasteiger partial charge in [-0.3, -0.25) is 0 Å². The molecule has 3 N–H and O–H groups in total. The van der Waals surface area contributed by atoms with Gasteiger partial charge < -0.3 is 20.1 Å². The van der Waals surface area contributed by atoms with Crippen LogP contribution in [0.15, 0.2) is 5.11 Å². The summed E-state index contributed by atoms with van der Waals surface area (Å²) in [6, 6.07) is -0.808. The Morgan fingerprint density at radius 3 is 2.47 bits per heavy atom. The van der Waals surface area contributed by atoms with Crippen molar-refractivity contribution in [2.75, 3.05) is 6.61 Å². The largest absolute Gasteiger partial charge is 0.394 e. The number of hydrogen-bond donors (Lipinski definition) is 3. The minimum atomic E-state index is -1.23. The van der Waals surface area contributed by atoms with Crippen molar-refractivity contribution in [1.29, 1.82) is 0 Å². The van der Waals surface area contributed by atoms with Crippen LogP contribution in [0.2, 0.25) is 0 Å². The summed E-state index contributed by atoms with van der Waals surface area (Å²) in [6.45, 7) is 1.43. The number of aliphatic hydroxyl groups is 3. The summed E-state index contributed by atoms with van der Waals surface area (Å²) in [4.78, 5) is 2.60. The highest BCUT2D eigenvalue weighted by Crippen LogP contribution is 2.25. The smallest absolute Gasteiger partial charge is 0.109 e. The summed E-state index contributed by atoms with van der Waals surface area (Å²) in [5.74, 6) is 0. The summed E-state index contributed by atoms with van der Waals surface area (Å²) in [5, 5.41) is 31.5. The van der Waals surface area contributed by atoms with Crippen LogP contribution < -0.4 is 0 Å². The molecule has 1 heterocycles. The second-order valence-electron chi connectivity index (χ2n) is 3.48. The normalized spacial score (nSPS) is 40.9. The molecule has 7 nitrogen and oxygen atoms in total. The van der Waals surface area contributed by atoms with Gasteiger partial charge in [0.2, 0.25) is 0 Å². The molecule has 7 heteroatoms. The standard InChI is InChI=1S/C8H15N3O4/c1-2-4-6(10-11-9)8(14)7(13)5(3-12)15-4/h4-8,12-14H,2-3H2,1H3. The van der Waals surface area contributed by atoms with Gasteiger partial charge in [-0.1, -0.05) is 12.0 Å². The molecule has 0 amide bonds. The monoisotopic (exact) mass is 217 g/mol. The number of azide groups is 1. The Bertz CT molecular complexity index is 254. The molecule has 0 saturated carbocycles. The molecule has 0 aliphatic carbocycles. The summed E-state index contributed by atoms with van der Waals surface area (Å²) in [5.41, 5.74) is 8.32. The SMILES string of the molecule is CCC1OC(CO)C(O)C(O)C1N=[N+]=[N-]. The molecule has 1 rings (SSSR count). The van der Waals surface area contributed by atoms with E-state index < -0.39 is 30.5 Å². The first kappa shape index (κ1) is 12.2. The van der Waals surface area contributed by atoms with E-state index in [1.807, 2.05) is 6.92 Å². The number of ether oxygens (including phenoxy) is 1. The zero-order chi connectivity index (χ0) is 11.4. The molecule has 15 heavy (non-hydrogen) atoms. The van der Waals surface area contributed by atoms with Gasteiger partial charge >= 0.3 is 0 Å². The summed E-state index contributed by atoms with van der Waals surface area (Å²) >= 11 is 0. The van der Waals surface area contributed by atoms with Crippen LogP contribution in [0.3, 0.4) is 0 Å². The number of rotatable bonds is 3. The van der Waals surface area contributed by atoms with Gasteiger partial charge in [0, 0.05) is 4.91 Å². The average Bonchev–Trinajstić information content (AvgIpc) is 2.25. The van der Waals surface area contributed by atoms with Crippen molar-refractivity contribution >= 4 is 0 Å². The highest BCUT2D eigenvalue weighted by atomic mass is 16.5. The van der Waals surface area contributed by atoms with Crippen molar-refractivity contribution in [3.8, 4) is 0 Å². The molecule has 86 valence electrons. The summed E-state index contributed by atoms with van der Waals surface area (Å²) < 4.78 is 5.31. The van der Waals surface area contributed by atoms with Gasteiger partial charge in [-0.05, 0) is 12.0 Å². The molecule has 1 aliphatic heterocycles. The van der Waals surface area contributed by atoms with Crippen LogP contribution in [-0.4, -0.2) is 52.4 Å². The molecular weight excluding hydrogens is 202 g/mol. The maximum Gasteiger partial charge on any atom is 0.109 e. The zero-order valence-corrected chi connectivity index (χ0v) is 8.39. The van der Waals surface area contributed by atoms with Crippen LogP contribution >= 0.6 is 0 Å². The van der Waals surface area contributed by atoms with Gasteiger partial charge in [0.25, 0.3) is 0 Å². The topological polar surface area (TPSA) is 119 Å². The predicted octanol–water partition coefficient (Wildman–Crippen LogP) is -0.443. The van der Waals surface area contributed by atoms with E-state index in [0.29, 0.717) is 6.42 Å². The first-order chi connectivity index (χ1) is 7.15. The van der Waals surface area contributed by atoms with Crippen LogP contribution in [-0.2, 0) is 4.74 Å². The summed E-state index contributed by atoms with van der Waals surface area (Å²) in [7, 11) is 0. The molecule has 1 aliphatic rings. The van der Waals surface area contributed by atoms with E-state index in [1.54, 1.807) is 0 Å². The van der Waals surface area contributed by atoms with Crippen LogP contribution in [0.1, 0.15) is 13.3 Å². The van der Waals surface area contributed by atoms with Crippen LogP contribution in [0.4, 0.5) is 0 Å². The van der Waals surface area contributed by atoms with Gasteiger partial charge in [-0.25, -0.2) is 0 Å². The second kappa shape index (κ2) is 5.29. The van der Waals surface area contributed by atoms with Gasteiger partial charge in [0.1, 0.15) is 12.2 Å². The molecule has 0 aromatic rings. The van der Waals surface area contributed by atoms with E-state index in [2.05, 4.69) is 10.0 Å². The fourth-order valence-corrected chi connectivity index (χ4v) is 1.72. The fraction of sp³-hybridized carbons (Fsp3) is 1.00. The molecule has 5 atom stereocenters. The fourth-order valence-electron chi connectivity index (χ4n) is 1.72. The lowest BCUT2D eigenvalue weighted by Gasteiger charge is -2.40. The Labute approximate surface area is 86.9 Å². The third-order valence-electron chi connectivity index (χ3n) is 2.58. The summed E-state index contributed by atoms with van der Waals surface area (Å²) in [6.07, 6.45) is -3.19. The van der Waals surface area contributed by atoms with E-state index in [9.17, 15) is 10.2 Å². The van der Waals surface area contributed by atoms with Crippen LogP contribution in [0, 0.1) is 0 Å². The van der Waals surface area contributed by atoms with Gasteiger partial charge in [0.15, 0.2) is 0 Å². The third kappa shape index (κ3) is 2.39. The highest BCUT2D eigenvalue weighted by molar-refractivity contribution is 4.95. The van der Waals surface area contributed by atoms with E-state index in [0.717, 1.165) is 0 Å². The van der Waals surface area contributed by atoms with Crippen molar-refractivity contribution < 1.29 is 20.1 Å². The minimum absolute atomic E-state index is 0.377. The molecule has 0 aromatic carbocycles. The zero-order valence-electron chi connectivity index (χ0n) is 8.39. The molecule has 0 radical (unpaired) electrons. The average molecular weight is 217 g/mol. The number of hydrogen-bond acceptors (Lipinski definition) is 5. The highest BCUT2D eigenvalue weighted by Gasteiger charge is 2.42. The maximum atomic E-state index is 9.67. The Morgan fingerprint density at radius 1 is 1.33 bits per heavy atom. The molecule has 0 aromatic heterocycles. The molecule has 5 unspecified atom stereocenters. The molecular formula is C8H15N3O4. The van der Waals surface area contributed by atoms with E-state index >= 15 is 0 Å².